The van der Waals surface area contributed by atoms with Crippen molar-refractivity contribution < 1.29 is 4.74 Å². The molecule has 0 amide bonds. The van der Waals surface area contributed by atoms with Crippen molar-refractivity contribution in [3.05, 3.63) is 33.3 Å². The van der Waals surface area contributed by atoms with E-state index in [1.807, 2.05) is 18.2 Å². The van der Waals surface area contributed by atoms with Crippen LogP contribution in [-0.4, -0.2) is 19.3 Å². The van der Waals surface area contributed by atoms with Crippen molar-refractivity contribution >= 4 is 27.5 Å². The summed E-state index contributed by atoms with van der Waals surface area (Å²) >= 11 is 9.55. The van der Waals surface area contributed by atoms with Gasteiger partial charge in [0.05, 0.1) is 6.61 Å². The number of hydrogen-bond acceptors (Lipinski definition) is 2. The second kappa shape index (κ2) is 6.01. The van der Waals surface area contributed by atoms with Crippen LogP contribution >= 0.6 is 27.5 Å². The van der Waals surface area contributed by atoms with Gasteiger partial charge in [-0.2, -0.15) is 0 Å². The van der Waals surface area contributed by atoms with E-state index in [1.165, 1.54) is 0 Å². The quantitative estimate of drug-likeness (QED) is 0.905. The molecule has 0 radical (unpaired) electrons. The van der Waals surface area contributed by atoms with Crippen LogP contribution in [0.2, 0.25) is 5.02 Å². The number of halogens is 2. The first kappa shape index (κ1) is 14.0. The summed E-state index contributed by atoms with van der Waals surface area (Å²) in [7, 11) is 1.67. The molecule has 4 heteroatoms. The summed E-state index contributed by atoms with van der Waals surface area (Å²) in [6, 6.07) is 5.86. The van der Waals surface area contributed by atoms with Crippen molar-refractivity contribution in [1.29, 1.82) is 0 Å². The molecule has 1 unspecified atom stereocenters. The molecule has 0 heterocycles. The van der Waals surface area contributed by atoms with Crippen molar-refractivity contribution in [2.75, 3.05) is 13.7 Å². The fourth-order valence-corrected chi connectivity index (χ4v) is 2.35. The van der Waals surface area contributed by atoms with E-state index < -0.39 is 0 Å². The molecular formula is C12H17BrClNO. The van der Waals surface area contributed by atoms with Gasteiger partial charge in [-0.05, 0) is 30.5 Å². The van der Waals surface area contributed by atoms with Crippen molar-refractivity contribution in [2.24, 2.45) is 5.73 Å². The highest BCUT2D eigenvalue weighted by atomic mass is 79.9. The lowest BCUT2D eigenvalue weighted by Gasteiger charge is -2.27. The maximum Gasteiger partial charge on any atom is 0.0645 e. The number of nitrogens with two attached hydrogens (primary N) is 1. The lowest BCUT2D eigenvalue weighted by Crippen LogP contribution is -2.45. The molecule has 0 aromatic heterocycles. The van der Waals surface area contributed by atoms with Crippen molar-refractivity contribution in [1.82, 2.24) is 0 Å². The Morgan fingerprint density at radius 3 is 2.69 bits per heavy atom. The maximum atomic E-state index is 6.25. The molecule has 2 N–H and O–H groups in total. The molecule has 0 bridgehead atoms. The van der Waals surface area contributed by atoms with E-state index in [1.54, 1.807) is 7.11 Å². The molecule has 1 aromatic carbocycles. The van der Waals surface area contributed by atoms with Crippen LogP contribution in [0.1, 0.15) is 18.9 Å². The highest BCUT2D eigenvalue weighted by Crippen LogP contribution is 2.25. The van der Waals surface area contributed by atoms with E-state index in [2.05, 4.69) is 22.9 Å². The van der Waals surface area contributed by atoms with Gasteiger partial charge < -0.3 is 10.5 Å². The second-order valence-electron chi connectivity index (χ2n) is 4.06. The minimum Gasteiger partial charge on any atom is -0.383 e. The maximum absolute atomic E-state index is 6.25. The van der Waals surface area contributed by atoms with Gasteiger partial charge in [0, 0.05) is 22.1 Å². The molecular weight excluding hydrogens is 289 g/mol. The molecule has 16 heavy (non-hydrogen) atoms. The molecule has 0 saturated heterocycles. The van der Waals surface area contributed by atoms with E-state index in [4.69, 9.17) is 22.1 Å². The van der Waals surface area contributed by atoms with Crippen LogP contribution < -0.4 is 5.73 Å². The predicted octanol–water partition coefficient (Wildman–Crippen LogP) is 3.40. The summed E-state index contributed by atoms with van der Waals surface area (Å²) in [6.07, 6.45) is 1.58. The molecule has 0 aliphatic rings. The van der Waals surface area contributed by atoms with Crippen LogP contribution in [0.4, 0.5) is 0 Å². The van der Waals surface area contributed by atoms with Gasteiger partial charge in [-0.15, -0.1) is 0 Å². The van der Waals surface area contributed by atoms with Crippen LogP contribution in [-0.2, 0) is 11.2 Å². The SMILES string of the molecule is CCC(N)(COC)Cc1ccc(Br)cc1Cl. The number of rotatable bonds is 5. The zero-order chi connectivity index (χ0) is 12.2. The van der Waals surface area contributed by atoms with Crippen LogP contribution in [0.3, 0.4) is 0 Å². The van der Waals surface area contributed by atoms with Crippen molar-refractivity contribution in [3.8, 4) is 0 Å². The molecule has 1 aromatic rings. The molecule has 1 rings (SSSR count). The van der Waals surface area contributed by atoms with E-state index in [0.717, 1.165) is 27.9 Å². The van der Waals surface area contributed by atoms with Crippen molar-refractivity contribution in [3.63, 3.8) is 0 Å². The Morgan fingerprint density at radius 2 is 2.19 bits per heavy atom. The van der Waals surface area contributed by atoms with Gasteiger partial charge in [0.15, 0.2) is 0 Å². The molecule has 0 aliphatic heterocycles. The van der Waals surface area contributed by atoms with E-state index in [9.17, 15) is 0 Å². The molecule has 0 aliphatic carbocycles. The summed E-state index contributed by atoms with van der Waals surface area (Å²) in [5.41, 5.74) is 6.97. The Labute approximate surface area is 110 Å². The van der Waals surface area contributed by atoms with Crippen LogP contribution in [0.15, 0.2) is 22.7 Å². The van der Waals surface area contributed by atoms with Gasteiger partial charge in [-0.1, -0.05) is 40.5 Å². The first-order valence-electron chi connectivity index (χ1n) is 5.22. The Bertz CT molecular complexity index is 359. The third-order valence-corrected chi connectivity index (χ3v) is 3.54. The molecule has 1 atom stereocenters. The highest BCUT2D eigenvalue weighted by molar-refractivity contribution is 9.10. The minimum absolute atomic E-state index is 0.341. The van der Waals surface area contributed by atoms with Gasteiger partial charge in [-0.25, -0.2) is 0 Å². The van der Waals surface area contributed by atoms with Gasteiger partial charge >= 0.3 is 0 Å². The largest absolute Gasteiger partial charge is 0.383 e. The Morgan fingerprint density at radius 1 is 1.50 bits per heavy atom. The summed E-state index contributed by atoms with van der Waals surface area (Å²) < 4.78 is 6.14. The van der Waals surface area contributed by atoms with Crippen LogP contribution in [0, 0.1) is 0 Å². The number of hydrogen-bond donors (Lipinski definition) is 1. The van der Waals surface area contributed by atoms with Gasteiger partial charge in [0.1, 0.15) is 0 Å². The van der Waals surface area contributed by atoms with Crippen molar-refractivity contribution in [2.45, 2.75) is 25.3 Å². The zero-order valence-corrected chi connectivity index (χ0v) is 11.9. The third kappa shape index (κ3) is 3.74. The molecule has 2 nitrogen and oxygen atoms in total. The highest BCUT2D eigenvalue weighted by Gasteiger charge is 2.24. The fourth-order valence-electron chi connectivity index (χ4n) is 1.61. The Balaban J connectivity index is 2.85. The van der Waals surface area contributed by atoms with Gasteiger partial charge in [0.2, 0.25) is 0 Å². The molecule has 90 valence electrons. The smallest absolute Gasteiger partial charge is 0.0645 e. The van der Waals surface area contributed by atoms with E-state index >= 15 is 0 Å². The van der Waals surface area contributed by atoms with Gasteiger partial charge in [0.25, 0.3) is 0 Å². The first-order valence-corrected chi connectivity index (χ1v) is 6.39. The monoisotopic (exact) mass is 305 g/mol. The van der Waals surface area contributed by atoms with E-state index in [0.29, 0.717) is 6.61 Å². The fraction of sp³-hybridized carbons (Fsp3) is 0.500. The first-order chi connectivity index (χ1) is 7.50. The summed E-state index contributed by atoms with van der Waals surface area (Å²) in [5, 5.41) is 0.744. The zero-order valence-electron chi connectivity index (χ0n) is 9.59. The molecule has 0 spiro atoms. The molecule has 0 fully saturated rings. The average molecular weight is 307 g/mol. The lowest BCUT2D eigenvalue weighted by atomic mass is 9.90. The lowest BCUT2D eigenvalue weighted by molar-refractivity contribution is 0.129. The predicted molar refractivity (Wildman–Crippen MR) is 71.9 cm³/mol. The number of ether oxygens (including phenoxy) is 1. The Kier molecular flexibility index (Phi) is 5.25. The topological polar surface area (TPSA) is 35.2 Å². The Hall–Kier alpha value is -0.0900. The van der Waals surface area contributed by atoms with E-state index in [-0.39, 0.29) is 5.54 Å². The second-order valence-corrected chi connectivity index (χ2v) is 5.38. The minimum atomic E-state index is -0.341. The number of methoxy groups -OCH3 is 1. The molecule has 0 saturated carbocycles. The summed E-state index contributed by atoms with van der Waals surface area (Å²) in [4.78, 5) is 0. The summed E-state index contributed by atoms with van der Waals surface area (Å²) in [5.74, 6) is 0. The van der Waals surface area contributed by atoms with Crippen LogP contribution in [0.5, 0.6) is 0 Å². The van der Waals surface area contributed by atoms with Gasteiger partial charge in [-0.3, -0.25) is 0 Å². The normalized spacial score (nSPS) is 14.8. The standard InChI is InChI=1S/C12H17BrClNO/c1-3-12(15,8-16-2)7-9-4-5-10(13)6-11(9)14/h4-6H,3,7-8,15H2,1-2H3. The van der Waals surface area contributed by atoms with Crippen LogP contribution in [0.25, 0.3) is 0 Å². The average Bonchev–Trinajstić information content (AvgIpc) is 2.23. The third-order valence-electron chi connectivity index (χ3n) is 2.69. The summed E-state index contributed by atoms with van der Waals surface area (Å²) in [6.45, 7) is 2.60. The number of benzene rings is 1.